The summed E-state index contributed by atoms with van der Waals surface area (Å²) in [6.07, 6.45) is 0. The van der Waals surface area contributed by atoms with Gasteiger partial charge in [-0.2, -0.15) is 0 Å². The highest BCUT2D eigenvalue weighted by Gasteiger charge is 2.18. The Balaban J connectivity index is 2.35. The van der Waals surface area contributed by atoms with E-state index in [1.807, 2.05) is 0 Å². The molecule has 0 heterocycles. The molecule has 0 aliphatic rings. The van der Waals surface area contributed by atoms with E-state index in [0.717, 1.165) is 0 Å². The highest BCUT2D eigenvalue weighted by atomic mass is 16.6. The number of benzene rings is 1. The number of nitrogens with one attached hydrogen (secondary N) is 1. The maximum atomic E-state index is 11.8. The lowest BCUT2D eigenvalue weighted by molar-refractivity contribution is -0.166. The van der Waals surface area contributed by atoms with E-state index in [-0.39, 0.29) is 6.54 Å². The van der Waals surface area contributed by atoms with Crippen molar-refractivity contribution in [2.24, 2.45) is 0 Å². The van der Waals surface area contributed by atoms with Crippen LogP contribution in [0.4, 0.5) is 0 Å². The molecular formula is C16H21NO6. The average Bonchev–Trinajstić information content (AvgIpc) is 2.49. The molecule has 1 aromatic rings. The third-order valence-electron chi connectivity index (χ3n) is 2.52. The molecule has 0 saturated carbocycles. The molecule has 0 aliphatic heterocycles. The van der Waals surface area contributed by atoms with Crippen LogP contribution in [0.15, 0.2) is 24.3 Å². The molecule has 0 atom stereocenters. The number of hydrogen-bond donors (Lipinski definition) is 1. The highest BCUT2D eigenvalue weighted by molar-refractivity contribution is 5.96. The molecule has 1 rings (SSSR count). The quantitative estimate of drug-likeness (QED) is 0.794. The first-order valence-electron chi connectivity index (χ1n) is 7.01. The van der Waals surface area contributed by atoms with Gasteiger partial charge in [-0.3, -0.25) is 9.59 Å². The van der Waals surface area contributed by atoms with E-state index in [2.05, 4.69) is 5.32 Å². The minimum absolute atomic E-state index is 0.340. The van der Waals surface area contributed by atoms with Crippen LogP contribution in [0.2, 0.25) is 0 Å². The number of methoxy groups -OCH3 is 1. The molecule has 0 saturated heterocycles. The maximum Gasteiger partial charge on any atom is 0.344 e. The van der Waals surface area contributed by atoms with Crippen molar-refractivity contribution in [2.45, 2.75) is 26.4 Å². The molecule has 0 aliphatic carbocycles. The van der Waals surface area contributed by atoms with Crippen LogP contribution in [-0.2, 0) is 19.1 Å². The Morgan fingerprint density at radius 1 is 1.04 bits per heavy atom. The summed E-state index contributed by atoms with van der Waals surface area (Å²) in [6.45, 7) is 4.30. The molecule has 0 bridgehead atoms. The van der Waals surface area contributed by atoms with Crippen LogP contribution >= 0.6 is 0 Å². The topological polar surface area (TPSA) is 90.9 Å². The molecule has 0 spiro atoms. The van der Waals surface area contributed by atoms with Gasteiger partial charge in [0.25, 0.3) is 5.91 Å². The standard InChI is InChI=1S/C16H21NO6/c1-16(2,3)23-14(19)10-22-13(18)9-17-15(20)11-5-7-12(21-4)8-6-11/h5-8H,9-10H2,1-4H3,(H,17,20). The van der Waals surface area contributed by atoms with E-state index in [9.17, 15) is 14.4 Å². The Kier molecular flexibility index (Phi) is 6.56. The third kappa shape index (κ3) is 7.30. The summed E-state index contributed by atoms with van der Waals surface area (Å²) >= 11 is 0. The minimum atomic E-state index is -0.724. The predicted molar refractivity (Wildman–Crippen MR) is 82.1 cm³/mol. The number of rotatable bonds is 6. The number of carbonyl (C=O) groups excluding carboxylic acids is 3. The van der Waals surface area contributed by atoms with Gasteiger partial charge in [-0.25, -0.2) is 4.79 Å². The van der Waals surface area contributed by atoms with E-state index in [0.29, 0.717) is 11.3 Å². The van der Waals surface area contributed by atoms with Crippen molar-refractivity contribution < 1.29 is 28.6 Å². The molecule has 7 heteroatoms. The maximum absolute atomic E-state index is 11.8. The number of amides is 1. The van der Waals surface area contributed by atoms with Crippen molar-refractivity contribution in [3.63, 3.8) is 0 Å². The predicted octanol–water partition coefficient (Wildman–Crippen LogP) is 1.31. The third-order valence-corrected chi connectivity index (χ3v) is 2.52. The first kappa shape index (κ1) is 18.5. The van der Waals surface area contributed by atoms with Crippen LogP contribution in [0.3, 0.4) is 0 Å². The Morgan fingerprint density at radius 3 is 2.17 bits per heavy atom. The van der Waals surface area contributed by atoms with Gasteiger partial charge >= 0.3 is 11.9 Å². The monoisotopic (exact) mass is 323 g/mol. The van der Waals surface area contributed by atoms with Gasteiger partial charge in [0, 0.05) is 5.56 Å². The van der Waals surface area contributed by atoms with Crippen LogP contribution in [0.1, 0.15) is 31.1 Å². The fourth-order valence-electron chi connectivity index (χ4n) is 1.56. The van der Waals surface area contributed by atoms with Gasteiger partial charge < -0.3 is 19.5 Å². The summed E-state index contributed by atoms with van der Waals surface area (Å²) in [5.74, 6) is -1.18. The van der Waals surface area contributed by atoms with E-state index in [1.165, 1.54) is 7.11 Å². The second-order valence-corrected chi connectivity index (χ2v) is 5.66. The van der Waals surface area contributed by atoms with Crippen LogP contribution in [-0.4, -0.2) is 43.7 Å². The van der Waals surface area contributed by atoms with Gasteiger partial charge in [0.05, 0.1) is 7.11 Å². The molecule has 0 aromatic heterocycles. The fraction of sp³-hybridized carbons (Fsp3) is 0.438. The van der Waals surface area contributed by atoms with Gasteiger partial charge in [0.2, 0.25) is 0 Å². The van der Waals surface area contributed by atoms with Gasteiger partial charge in [0.1, 0.15) is 17.9 Å². The van der Waals surface area contributed by atoms with Crippen LogP contribution in [0.5, 0.6) is 5.75 Å². The first-order chi connectivity index (χ1) is 10.7. The zero-order chi connectivity index (χ0) is 17.5. The number of esters is 2. The van der Waals surface area contributed by atoms with Gasteiger partial charge in [-0.1, -0.05) is 0 Å². The lowest BCUT2D eigenvalue weighted by Crippen LogP contribution is -2.32. The lowest BCUT2D eigenvalue weighted by Gasteiger charge is -2.19. The van der Waals surface area contributed by atoms with E-state index < -0.39 is 30.1 Å². The average molecular weight is 323 g/mol. The van der Waals surface area contributed by atoms with Gasteiger partial charge in [0.15, 0.2) is 6.61 Å². The molecular weight excluding hydrogens is 302 g/mol. The molecule has 7 nitrogen and oxygen atoms in total. The molecule has 0 fully saturated rings. The van der Waals surface area contributed by atoms with Gasteiger partial charge in [-0.15, -0.1) is 0 Å². The minimum Gasteiger partial charge on any atom is -0.497 e. The Hall–Kier alpha value is -2.57. The first-order valence-corrected chi connectivity index (χ1v) is 7.01. The summed E-state index contributed by atoms with van der Waals surface area (Å²) in [5.41, 5.74) is -0.266. The zero-order valence-electron chi connectivity index (χ0n) is 13.7. The van der Waals surface area contributed by atoms with Crippen molar-refractivity contribution >= 4 is 17.8 Å². The van der Waals surface area contributed by atoms with Crippen molar-refractivity contribution in [1.82, 2.24) is 5.32 Å². The number of ether oxygens (including phenoxy) is 3. The summed E-state index contributed by atoms with van der Waals surface area (Å²) in [6, 6.07) is 6.41. The summed E-state index contributed by atoms with van der Waals surface area (Å²) in [5, 5.41) is 2.40. The van der Waals surface area contributed by atoms with Crippen LogP contribution in [0.25, 0.3) is 0 Å². The summed E-state index contributed by atoms with van der Waals surface area (Å²) in [7, 11) is 1.52. The second-order valence-electron chi connectivity index (χ2n) is 5.66. The van der Waals surface area contributed by atoms with Crippen molar-refractivity contribution in [2.75, 3.05) is 20.3 Å². The van der Waals surface area contributed by atoms with E-state index in [1.54, 1.807) is 45.0 Å². The molecule has 126 valence electrons. The fourth-order valence-corrected chi connectivity index (χ4v) is 1.56. The normalized spacial score (nSPS) is 10.6. The summed E-state index contributed by atoms with van der Waals surface area (Å²) in [4.78, 5) is 34.7. The molecule has 1 aromatic carbocycles. The second kappa shape index (κ2) is 8.17. The Morgan fingerprint density at radius 2 is 1.65 bits per heavy atom. The molecule has 0 unspecified atom stereocenters. The molecule has 0 radical (unpaired) electrons. The zero-order valence-corrected chi connectivity index (χ0v) is 13.7. The van der Waals surface area contributed by atoms with E-state index >= 15 is 0 Å². The SMILES string of the molecule is COc1ccc(C(=O)NCC(=O)OCC(=O)OC(C)(C)C)cc1. The number of hydrogen-bond acceptors (Lipinski definition) is 6. The summed E-state index contributed by atoms with van der Waals surface area (Å²) < 4.78 is 14.7. The molecule has 1 N–H and O–H groups in total. The highest BCUT2D eigenvalue weighted by Crippen LogP contribution is 2.11. The Labute approximate surface area is 134 Å². The van der Waals surface area contributed by atoms with Crippen molar-refractivity contribution in [1.29, 1.82) is 0 Å². The number of carbonyl (C=O) groups is 3. The van der Waals surface area contributed by atoms with Gasteiger partial charge in [-0.05, 0) is 45.0 Å². The van der Waals surface area contributed by atoms with Crippen LogP contribution < -0.4 is 10.1 Å². The van der Waals surface area contributed by atoms with Crippen molar-refractivity contribution in [3.05, 3.63) is 29.8 Å². The molecule has 23 heavy (non-hydrogen) atoms. The lowest BCUT2D eigenvalue weighted by atomic mass is 10.2. The Bertz CT molecular complexity index is 559. The smallest absolute Gasteiger partial charge is 0.344 e. The largest absolute Gasteiger partial charge is 0.497 e. The van der Waals surface area contributed by atoms with Crippen LogP contribution in [0, 0.1) is 0 Å². The van der Waals surface area contributed by atoms with E-state index in [4.69, 9.17) is 14.2 Å². The van der Waals surface area contributed by atoms with Crippen molar-refractivity contribution in [3.8, 4) is 5.75 Å². The molecule has 1 amide bonds.